The van der Waals surface area contributed by atoms with Crippen LogP contribution in [0.25, 0.3) is 0 Å². The first kappa shape index (κ1) is 14.1. The highest BCUT2D eigenvalue weighted by atomic mass is 35.5. The van der Waals surface area contributed by atoms with Gasteiger partial charge in [-0.1, -0.05) is 11.6 Å². The van der Waals surface area contributed by atoms with Gasteiger partial charge in [0.25, 0.3) is 5.91 Å². The lowest BCUT2D eigenvalue weighted by atomic mass is 10.2. The number of hydrogen-bond donors (Lipinski definition) is 1. The van der Waals surface area contributed by atoms with Crippen molar-refractivity contribution in [3.8, 4) is 5.75 Å². The molecule has 1 N–H and O–H groups in total. The highest BCUT2D eigenvalue weighted by molar-refractivity contribution is 6.30. The van der Waals surface area contributed by atoms with Crippen molar-refractivity contribution in [1.29, 1.82) is 0 Å². The van der Waals surface area contributed by atoms with Crippen LogP contribution in [-0.2, 0) is 9.53 Å². The highest BCUT2D eigenvalue weighted by Gasteiger charge is 2.28. The van der Waals surface area contributed by atoms with Gasteiger partial charge in [0.15, 0.2) is 6.61 Å². The lowest BCUT2D eigenvalue weighted by molar-refractivity contribution is -0.129. The van der Waals surface area contributed by atoms with Crippen LogP contribution in [0, 0.1) is 0 Å². The minimum atomic E-state index is -1.20. The Bertz CT molecular complexity index is 573. The zero-order chi connectivity index (χ0) is 14.7. The SMILES string of the molecule is O=C(O)c1ccc(Cl)cc1OCC(=O)N1CCOC1=O. The molecule has 0 saturated carbocycles. The molecule has 1 fully saturated rings. The molecule has 0 atom stereocenters. The molecule has 0 bridgehead atoms. The van der Waals surface area contributed by atoms with Crippen molar-refractivity contribution in [1.82, 2.24) is 4.90 Å². The third-order valence-corrected chi connectivity index (χ3v) is 2.82. The smallest absolute Gasteiger partial charge is 0.416 e. The van der Waals surface area contributed by atoms with Crippen molar-refractivity contribution in [2.45, 2.75) is 0 Å². The molecule has 0 unspecified atom stereocenters. The lowest BCUT2D eigenvalue weighted by Crippen LogP contribution is -2.35. The second-order valence-corrected chi connectivity index (χ2v) is 4.33. The molecule has 1 aromatic rings. The van der Waals surface area contributed by atoms with E-state index in [4.69, 9.17) is 21.4 Å². The van der Waals surface area contributed by atoms with Gasteiger partial charge in [0, 0.05) is 5.02 Å². The van der Waals surface area contributed by atoms with Crippen LogP contribution in [-0.4, -0.2) is 47.7 Å². The third-order valence-electron chi connectivity index (χ3n) is 2.59. The van der Waals surface area contributed by atoms with Crippen LogP contribution in [0.5, 0.6) is 5.75 Å². The number of aromatic carboxylic acids is 1. The second-order valence-electron chi connectivity index (χ2n) is 3.89. The average molecular weight is 300 g/mol. The van der Waals surface area contributed by atoms with E-state index in [1.165, 1.54) is 18.2 Å². The van der Waals surface area contributed by atoms with E-state index in [1.807, 2.05) is 0 Å². The van der Waals surface area contributed by atoms with Gasteiger partial charge in [-0.05, 0) is 18.2 Å². The van der Waals surface area contributed by atoms with Crippen molar-refractivity contribution < 1.29 is 29.0 Å². The number of imide groups is 1. The Morgan fingerprint density at radius 1 is 1.45 bits per heavy atom. The van der Waals surface area contributed by atoms with Crippen molar-refractivity contribution in [3.05, 3.63) is 28.8 Å². The fourth-order valence-electron chi connectivity index (χ4n) is 1.63. The quantitative estimate of drug-likeness (QED) is 0.903. The predicted molar refractivity (Wildman–Crippen MR) is 67.0 cm³/mol. The number of carboxylic acid groups (broad SMARTS) is 1. The summed E-state index contributed by atoms with van der Waals surface area (Å²) in [5, 5.41) is 9.26. The number of rotatable bonds is 4. The summed E-state index contributed by atoms with van der Waals surface area (Å²) >= 11 is 5.74. The number of halogens is 1. The van der Waals surface area contributed by atoms with Crippen molar-refractivity contribution in [2.24, 2.45) is 0 Å². The normalized spacial score (nSPS) is 14.1. The number of hydrogen-bond acceptors (Lipinski definition) is 5. The third kappa shape index (κ3) is 3.00. The zero-order valence-electron chi connectivity index (χ0n) is 10.2. The molecule has 7 nitrogen and oxygen atoms in total. The lowest BCUT2D eigenvalue weighted by Gasteiger charge is -2.13. The number of carbonyl (C=O) groups excluding carboxylic acids is 2. The molecule has 1 aliphatic rings. The number of nitrogens with zero attached hydrogens (tertiary/aromatic N) is 1. The van der Waals surface area contributed by atoms with Gasteiger partial charge in [-0.25, -0.2) is 14.5 Å². The van der Waals surface area contributed by atoms with Crippen LogP contribution < -0.4 is 4.74 Å². The molecule has 1 aliphatic heterocycles. The molecule has 0 aliphatic carbocycles. The molecular formula is C12H10ClNO6. The molecular weight excluding hydrogens is 290 g/mol. The minimum Gasteiger partial charge on any atom is -0.483 e. The molecule has 1 heterocycles. The van der Waals surface area contributed by atoms with E-state index in [0.29, 0.717) is 0 Å². The Kier molecular flexibility index (Phi) is 4.09. The second kappa shape index (κ2) is 5.79. The van der Waals surface area contributed by atoms with Crippen LogP contribution in [0.4, 0.5) is 4.79 Å². The summed E-state index contributed by atoms with van der Waals surface area (Å²) in [5.41, 5.74) is -0.119. The summed E-state index contributed by atoms with van der Waals surface area (Å²) in [4.78, 5) is 34.8. The van der Waals surface area contributed by atoms with Gasteiger partial charge in [0.1, 0.15) is 17.9 Å². The van der Waals surface area contributed by atoms with Gasteiger partial charge >= 0.3 is 12.1 Å². The Balaban J connectivity index is 2.07. The van der Waals surface area contributed by atoms with E-state index in [1.54, 1.807) is 0 Å². The van der Waals surface area contributed by atoms with Crippen LogP contribution in [0.2, 0.25) is 5.02 Å². The average Bonchev–Trinajstić information content (AvgIpc) is 2.82. The molecule has 1 saturated heterocycles. The summed E-state index contributed by atoms with van der Waals surface area (Å²) < 4.78 is 9.75. The topological polar surface area (TPSA) is 93.1 Å². The Hall–Kier alpha value is -2.28. The van der Waals surface area contributed by atoms with Crippen LogP contribution in [0.15, 0.2) is 18.2 Å². The maximum atomic E-state index is 11.7. The first-order valence-electron chi connectivity index (χ1n) is 5.62. The first-order chi connectivity index (χ1) is 9.49. The van der Waals surface area contributed by atoms with Crippen LogP contribution in [0.3, 0.4) is 0 Å². The fourth-order valence-corrected chi connectivity index (χ4v) is 1.79. The van der Waals surface area contributed by atoms with Gasteiger partial charge in [-0.2, -0.15) is 0 Å². The molecule has 8 heteroatoms. The number of amides is 2. The van der Waals surface area contributed by atoms with E-state index in [2.05, 4.69) is 4.74 Å². The van der Waals surface area contributed by atoms with E-state index < -0.39 is 24.6 Å². The molecule has 1 aromatic carbocycles. The summed E-state index contributed by atoms with van der Waals surface area (Å²) in [6, 6.07) is 3.96. The highest BCUT2D eigenvalue weighted by Crippen LogP contribution is 2.23. The molecule has 106 valence electrons. The molecule has 2 amide bonds. The van der Waals surface area contributed by atoms with Crippen molar-refractivity contribution >= 4 is 29.6 Å². The first-order valence-corrected chi connectivity index (χ1v) is 5.99. The summed E-state index contributed by atoms with van der Waals surface area (Å²) in [6.07, 6.45) is -0.733. The van der Waals surface area contributed by atoms with E-state index in [-0.39, 0.29) is 29.5 Å². The van der Waals surface area contributed by atoms with Gasteiger partial charge < -0.3 is 14.6 Å². The number of carboxylic acids is 1. The van der Waals surface area contributed by atoms with Crippen LogP contribution in [0.1, 0.15) is 10.4 Å². The Labute approximate surface area is 118 Å². The summed E-state index contributed by atoms with van der Waals surface area (Å²) in [7, 11) is 0. The van der Waals surface area contributed by atoms with Gasteiger partial charge in [-0.15, -0.1) is 0 Å². The monoisotopic (exact) mass is 299 g/mol. The zero-order valence-corrected chi connectivity index (χ0v) is 10.9. The number of carbonyl (C=O) groups is 3. The number of cyclic esters (lactones) is 1. The summed E-state index contributed by atoms with van der Waals surface area (Å²) in [6.45, 7) is -0.180. The van der Waals surface area contributed by atoms with E-state index >= 15 is 0 Å². The molecule has 0 spiro atoms. The predicted octanol–water partition coefficient (Wildman–Crippen LogP) is 1.40. The van der Waals surface area contributed by atoms with Gasteiger partial charge in [0.05, 0.1) is 6.54 Å². The maximum absolute atomic E-state index is 11.7. The summed E-state index contributed by atoms with van der Waals surface area (Å²) in [5.74, 6) is -1.85. The van der Waals surface area contributed by atoms with E-state index in [0.717, 1.165) is 4.90 Å². The molecule has 0 radical (unpaired) electrons. The molecule has 0 aromatic heterocycles. The van der Waals surface area contributed by atoms with E-state index in [9.17, 15) is 14.4 Å². The minimum absolute atomic E-state index is 0.0362. The van der Waals surface area contributed by atoms with Gasteiger partial charge in [0.2, 0.25) is 0 Å². The van der Waals surface area contributed by atoms with Crippen molar-refractivity contribution in [3.63, 3.8) is 0 Å². The van der Waals surface area contributed by atoms with Crippen molar-refractivity contribution in [2.75, 3.05) is 19.8 Å². The van der Waals surface area contributed by atoms with Gasteiger partial charge in [-0.3, -0.25) is 4.79 Å². The molecule has 2 rings (SSSR count). The number of ether oxygens (including phenoxy) is 2. The fraction of sp³-hybridized carbons (Fsp3) is 0.250. The molecule has 20 heavy (non-hydrogen) atoms. The maximum Gasteiger partial charge on any atom is 0.416 e. The number of benzene rings is 1. The standard InChI is InChI=1S/C12H10ClNO6/c13-7-1-2-8(11(16)17)9(5-7)20-6-10(15)14-3-4-19-12(14)18/h1-2,5H,3-4,6H2,(H,16,17). The Morgan fingerprint density at radius 2 is 2.20 bits per heavy atom. The largest absolute Gasteiger partial charge is 0.483 e. The van der Waals surface area contributed by atoms with Crippen LogP contribution >= 0.6 is 11.6 Å². The Morgan fingerprint density at radius 3 is 2.80 bits per heavy atom.